The second-order valence-electron chi connectivity index (χ2n) is 7.62. The Morgan fingerprint density at radius 3 is 2.61 bits per heavy atom. The predicted molar refractivity (Wildman–Crippen MR) is 114 cm³/mol. The first-order valence-corrected chi connectivity index (χ1v) is 10.5. The number of thiazole rings is 1. The first-order valence-electron chi connectivity index (χ1n) is 9.64. The molecule has 0 aliphatic carbocycles. The number of hydrogen-bond acceptors (Lipinski definition) is 5. The van der Waals surface area contributed by atoms with Crippen molar-refractivity contribution >= 4 is 11.3 Å². The van der Waals surface area contributed by atoms with Crippen molar-refractivity contribution in [3.05, 3.63) is 88.3 Å². The fourth-order valence-corrected chi connectivity index (χ4v) is 4.70. The van der Waals surface area contributed by atoms with E-state index in [1.807, 2.05) is 31.4 Å². The maximum absolute atomic E-state index is 14.9. The number of rotatable bonds is 6. The molecule has 2 unspecified atom stereocenters. The van der Waals surface area contributed by atoms with E-state index in [1.165, 1.54) is 29.8 Å². The van der Waals surface area contributed by atoms with Crippen molar-refractivity contribution in [2.75, 3.05) is 0 Å². The molecule has 2 aromatic heterocycles. The van der Waals surface area contributed by atoms with Gasteiger partial charge >= 0.3 is 0 Å². The Labute approximate surface area is 182 Å². The molecule has 0 saturated heterocycles. The van der Waals surface area contributed by atoms with Crippen LogP contribution >= 0.6 is 11.3 Å². The van der Waals surface area contributed by atoms with Crippen molar-refractivity contribution in [3.8, 4) is 17.3 Å². The second-order valence-corrected chi connectivity index (χ2v) is 8.51. The zero-order valence-corrected chi connectivity index (χ0v) is 17.8. The van der Waals surface area contributed by atoms with Gasteiger partial charge in [-0.2, -0.15) is 10.4 Å². The summed E-state index contributed by atoms with van der Waals surface area (Å²) in [7, 11) is 0. The van der Waals surface area contributed by atoms with E-state index in [9.17, 15) is 8.78 Å². The molecule has 31 heavy (non-hydrogen) atoms. The summed E-state index contributed by atoms with van der Waals surface area (Å²) in [5.41, 5.74) is 1.91. The lowest BCUT2D eigenvalue weighted by Gasteiger charge is -2.35. The lowest BCUT2D eigenvalue weighted by atomic mass is 9.72. The molecule has 2 atom stereocenters. The third-order valence-corrected chi connectivity index (χ3v) is 6.69. The molecule has 8 heteroatoms. The molecule has 0 amide bonds. The lowest BCUT2D eigenvalue weighted by Crippen LogP contribution is -2.35. The summed E-state index contributed by atoms with van der Waals surface area (Å²) in [4.78, 5) is 8.79. The van der Waals surface area contributed by atoms with E-state index in [0.29, 0.717) is 17.7 Å². The molecule has 0 saturated carbocycles. The largest absolute Gasteiger partial charge is 0.252 e. The Kier molecular flexibility index (Phi) is 5.61. The number of benzene rings is 2. The predicted octanol–water partition coefficient (Wildman–Crippen LogP) is 5.31. The van der Waals surface area contributed by atoms with Gasteiger partial charge in [-0.05, 0) is 23.8 Å². The molecule has 2 heterocycles. The van der Waals surface area contributed by atoms with E-state index in [-0.39, 0.29) is 5.92 Å². The number of hydrogen-bond donors (Lipinski definition) is 0. The van der Waals surface area contributed by atoms with Gasteiger partial charge < -0.3 is 0 Å². The van der Waals surface area contributed by atoms with Crippen LogP contribution in [-0.4, -0.2) is 19.7 Å². The van der Waals surface area contributed by atoms with Crippen LogP contribution in [0.5, 0.6) is 0 Å². The SMILES string of the molecule is CC(c1nc(-c2ccc(C#N)cc2)cs1)C(C)(Cn1cncn1)c1ccc(F)cc1F. The smallest absolute Gasteiger partial charge is 0.137 e. The zero-order valence-electron chi connectivity index (χ0n) is 17.0. The summed E-state index contributed by atoms with van der Waals surface area (Å²) in [6.07, 6.45) is 3.01. The van der Waals surface area contributed by atoms with Crippen molar-refractivity contribution in [1.82, 2.24) is 19.7 Å². The van der Waals surface area contributed by atoms with Gasteiger partial charge in [-0.3, -0.25) is 4.68 Å². The Hall–Kier alpha value is -3.44. The summed E-state index contributed by atoms with van der Waals surface area (Å²) >= 11 is 1.49. The van der Waals surface area contributed by atoms with Crippen molar-refractivity contribution in [3.63, 3.8) is 0 Å². The summed E-state index contributed by atoms with van der Waals surface area (Å²) < 4.78 is 30.1. The fraction of sp³-hybridized carbons (Fsp3) is 0.217. The van der Waals surface area contributed by atoms with Gasteiger partial charge in [0.2, 0.25) is 0 Å². The fourth-order valence-electron chi connectivity index (χ4n) is 3.67. The van der Waals surface area contributed by atoms with Gasteiger partial charge in [0.15, 0.2) is 0 Å². The second kappa shape index (κ2) is 8.36. The monoisotopic (exact) mass is 435 g/mol. The highest BCUT2D eigenvalue weighted by Crippen LogP contribution is 2.43. The van der Waals surface area contributed by atoms with Crippen LogP contribution in [0.4, 0.5) is 8.78 Å². The highest BCUT2D eigenvalue weighted by molar-refractivity contribution is 7.10. The normalized spacial score (nSPS) is 14.0. The standard InChI is InChI=1S/C23H19F2N5S/c1-15(22-29-21(11-31-22)17-5-3-16(10-26)4-6-17)23(2,12-30-14-27-13-28-30)19-8-7-18(24)9-20(19)25/h3-9,11,13-15H,12H2,1-2H3. The number of nitriles is 1. The molecular weight excluding hydrogens is 416 g/mol. The minimum Gasteiger partial charge on any atom is -0.252 e. The van der Waals surface area contributed by atoms with Gasteiger partial charge in [-0.25, -0.2) is 18.7 Å². The van der Waals surface area contributed by atoms with Crippen LogP contribution in [0.15, 0.2) is 60.5 Å². The molecule has 4 aromatic rings. The van der Waals surface area contributed by atoms with Crippen molar-refractivity contribution in [2.45, 2.75) is 31.7 Å². The zero-order chi connectivity index (χ0) is 22.0. The molecule has 0 aliphatic rings. The molecule has 0 spiro atoms. The molecule has 4 rings (SSSR count). The molecule has 2 aromatic carbocycles. The van der Waals surface area contributed by atoms with Crippen molar-refractivity contribution < 1.29 is 8.78 Å². The molecular formula is C23H19F2N5S. The van der Waals surface area contributed by atoms with E-state index in [4.69, 9.17) is 10.2 Å². The van der Waals surface area contributed by atoms with Gasteiger partial charge in [0.25, 0.3) is 0 Å². The Bertz CT molecular complexity index is 1230. The summed E-state index contributed by atoms with van der Waals surface area (Å²) in [5, 5.41) is 15.9. The Morgan fingerprint density at radius 2 is 1.97 bits per heavy atom. The maximum atomic E-state index is 14.9. The maximum Gasteiger partial charge on any atom is 0.137 e. The van der Waals surface area contributed by atoms with Gasteiger partial charge in [0.1, 0.15) is 24.3 Å². The topological polar surface area (TPSA) is 67.4 Å². The minimum atomic E-state index is -0.759. The van der Waals surface area contributed by atoms with E-state index in [2.05, 4.69) is 16.2 Å². The van der Waals surface area contributed by atoms with E-state index in [0.717, 1.165) is 22.3 Å². The van der Waals surface area contributed by atoms with E-state index >= 15 is 0 Å². The molecule has 0 fully saturated rings. The van der Waals surface area contributed by atoms with Gasteiger partial charge in [0, 0.05) is 28.3 Å². The average Bonchev–Trinajstić information content (AvgIpc) is 3.45. The van der Waals surface area contributed by atoms with Crippen LogP contribution in [-0.2, 0) is 12.0 Å². The molecule has 5 nitrogen and oxygen atoms in total. The molecule has 0 radical (unpaired) electrons. The Balaban J connectivity index is 1.73. The number of nitrogens with zero attached hydrogens (tertiary/aromatic N) is 5. The van der Waals surface area contributed by atoms with Gasteiger partial charge in [-0.1, -0.05) is 32.0 Å². The number of halogens is 2. The highest BCUT2D eigenvalue weighted by atomic mass is 32.1. The minimum absolute atomic E-state index is 0.200. The van der Waals surface area contributed by atoms with E-state index < -0.39 is 17.0 Å². The summed E-state index contributed by atoms with van der Waals surface area (Å²) in [6, 6.07) is 13.0. The first-order chi connectivity index (χ1) is 14.9. The van der Waals surface area contributed by atoms with Crippen LogP contribution in [0, 0.1) is 23.0 Å². The molecule has 0 bridgehead atoms. The number of aromatic nitrogens is 4. The van der Waals surface area contributed by atoms with E-state index in [1.54, 1.807) is 23.1 Å². The van der Waals surface area contributed by atoms with Crippen molar-refractivity contribution in [2.24, 2.45) is 0 Å². The van der Waals surface area contributed by atoms with Gasteiger partial charge in [0.05, 0.1) is 28.9 Å². The van der Waals surface area contributed by atoms with Crippen LogP contribution < -0.4 is 0 Å². The third-order valence-electron chi connectivity index (χ3n) is 5.66. The highest BCUT2D eigenvalue weighted by Gasteiger charge is 2.39. The first kappa shape index (κ1) is 20.8. The molecule has 0 N–H and O–H groups in total. The molecule has 156 valence electrons. The van der Waals surface area contributed by atoms with Crippen LogP contribution in [0.3, 0.4) is 0 Å². The summed E-state index contributed by atoms with van der Waals surface area (Å²) in [5.74, 6) is -1.42. The average molecular weight is 436 g/mol. The third kappa shape index (κ3) is 4.09. The summed E-state index contributed by atoms with van der Waals surface area (Å²) in [6.45, 7) is 4.27. The van der Waals surface area contributed by atoms with Crippen LogP contribution in [0.2, 0.25) is 0 Å². The van der Waals surface area contributed by atoms with Gasteiger partial charge in [-0.15, -0.1) is 11.3 Å². The quantitative estimate of drug-likeness (QED) is 0.411. The Morgan fingerprint density at radius 1 is 1.19 bits per heavy atom. The van der Waals surface area contributed by atoms with Crippen LogP contribution in [0.25, 0.3) is 11.3 Å². The molecule has 0 aliphatic heterocycles. The van der Waals surface area contributed by atoms with Crippen molar-refractivity contribution in [1.29, 1.82) is 5.26 Å². The van der Waals surface area contributed by atoms with Crippen LogP contribution in [0.1, 0.15) is 35.9 Å². The lowest BCUT2D eigenvalue weighted by molar-refractivity contribution is 0.310.